The van der Waals surface area contributed by atoms with Crippen molar-refractivity contribution in [3.8, 4) is 0 Å². The van der Waals surface area contributed by atoms with Crippen LogP contribution in [0.1, 0.15) is 5.69 Å². The Kier molecular flexibility index (Phi) is 5.09. The van der Waals surface area contributed by atoms with Gasteiger partial charge in [-0.15, -0.1) is 0 Å². The molecular formula is C15H24N4O. The molecule has 1 aromatic heterocycles. The maximum absolute atomic E-state index is 12.3. The zero-order valence-electron chi connectivity index (χ0n) is 12.6. The summed E-state index contributed by atoms with van der Waals surface area (Å²) in [6.45, 7) is 4.41. The van der Waals surface area contributed by atoms with E-state index in [1.807, 2.05) is 38.5 Å². The number of carbonyl (C=O) groups excluding carboxylic acids is 1. The predicted molar refractivity (Wildman–Crippen MR) is 79.2 cm³/mol. The Bertz CT molecular complexity index is 435. The molecule has 1 amide bonds. The molecule has 1 unspecified atom stereocenters. The van der Waals surface area contributed by atoms with Crippen LogP contribution in [0.3, 0.4) is 0 Å². The van der Waals surface area contributed by atoms with Crippen LogP contribution in [-0.2, 0) is 11.3 Å². The lowest BCUT2D eigenvalue weighted by atomic mass is 10.1. The zero-order chi connectivity index (χ0) is 14.5. The number of hydrogen-bond acceptors (Lipinski definition) is 4. The van der Waals surface area contributed by atoms with Crippen molar-refractivity contribution in [2.75, 3.05) is 47.3 Å². The maximum atomic E-state index is 12.3. The maximum Gasteiger partial charge on any atom is 0.227 e. The van der Waals surface area contributed by atoms with E-state index >= 15 is 0 Å². The number of likely N-dealkylation sites (N-methyl/N-ethyl adjacent to an activating group) is 1. The summed E-state index contributed by atoms with van der Waals surface area (Å²) in [4.78, 5) is 22.9. The molecule has 1 aliphatic heterocycles. The molecule has 1 aliphatic rings. The molecular weight excluding hydrogens is 252 g/mol. The van der Waals surface area contributed by atoms with E-state index < -0.39 is 0 Å². The van der Waals surface area contributed by atoms with Crippen molar-refractivity contribution in [3.05, 3.63) is 30.1 Å². The first kappa shape index (κ1) is 14.9. The number of nitrogens with zero attached hydrogens (tertiary/aromatic N) is 4. The highest BCUT2D eigenvalue weighted by Crippen LogP contribution is 2.13. The lowest BCUT2D eigenvalue weighted by Gasteiger charge is -2.25. The van der Waals surface area contributed by atoms with Crippen LogP contribution in [0.5, 0.6) is 0 Å². The minimum Gasteiger partial charge on any atom is -0.348 e. The van der Waals surface area contributed by atoms with Gasteiger partial charge in [0.15, 0.2) is 0 Å². The summed E-state index contributed by atoms with van der Waals surface area (Å²) in [6, 6.07) is 5.98. The van der Waals surface area contributed by atoms with E-state index in [4.69, 9.17) is 0 Å². The predicted octanol–water partition coefficient (Wildman–Crippen LogP) is 0.533. The molecule has 0 radical (unpaired) electrons. The van der Waals surface area contributed by atoms with Crippen LogP contribution < -0.4 is 0 Å². The van der Waals surface area contributed by atoms with E-state index in [-0.39, 0.29) is 11.8 Å². The quantitative estimate of drug-likeness (QED) is 0.807. The van der Waals surface area contributed by atoms with E-state index in [1.54, 1.807) is 4.90 Å². The molecule has 0 aromatic carbocycles. The Hall–Kier alpha value is -1.46. The molecule has 1 aromatic rings. The second-order valence-corrected chi connectivity index (χ2v) is 5.75. The van der Waals surface area contributed by atoms with E-state index in [0.29, 0.717) is 0 Å². The molecule has 1 fully saturated rings. The Morgan fingerprint density at radius 1 is 1.35 bits per heavy atom. The summed E-state index contributed by atoms with van der Waals surface area (Å²) in [6.07, 6.45) is 1.82. The number of pyridine rings is 1. The highest BCUT2D eigenvalue weighted by molar-refractivity contribution is 5.78. The van der Waals surface area contributed by atoms with Crippen LogP contribution in [0, 0.1) is 5.92 Å². The number of amides is 1. The monoisotopic (exact) mass is 276 g/mol. The van der Waals surface area contributed by atoms with Gasteiger partial charge < -0.3 is 9.80 Å². The average Bonchev–Trinajstić information content (AvgIpc) is 2.61. The molecule has 1 atom stereocenters. The van der Waals surface area contributed by atoms with E-state index in [9.17, 15) is 4.79 Å². The summed E-state index contributed by atoms with van der Waals surface area (Å²) in [7, 11) is 5.74. The van der Waals surface area contributed by atoms with Crippen molar-refractivity contribution in [3.63, 3.8) is 0 Å². The normalized spacial score (nSPS) is 21.4. The largest absolute Gasteiger partial charge is 0.348 e. The third-order valence-corrected chi connectivity index (χ3v) is 3.71. The first-order valence-electron chi connectivity index (χ1n) is 7.08. The molecule has 20 heavy (non-hydrogen) atoms. The Labute approximate surface area is 121 Å². The van der Waals surface area contributed by atoms with Gasteiger partial charge in [0.05, 0.1) is 11.6 Å². The highest BCUT2D eigenvalue weighted by Gasteiger charge is 2.27. The summed E-state index contributed by atoms with van der Waals surface area (Å²) in [5.41, 5.74) is 1.06. The van der Waals surface area contributed by atoms with Crippen LogP contribution in [0.25, 0.3) is 0 Å². The van der Waals surface area contributed by atoms with Gasteiger partial charge in [-0.3, -0.25) is 14.7 Å². The molecule has 1 saturated heterocycles. The number of carbonyl (C=O) groups is 1. The molecule has 0 aliphatic carbocycles. The Morgan fingerprint density at radius 2 is 2.15 bits per heavy atom. The molecule has 0 bridgehead atoms. The molecule has 0 spiro atoms. The molecule has 0 N–H and O–H groups in total. The Balaban J connectivity index is 2.04. The average molecular weight is 276 g/mol. The SMILES string of the molecule is CN1CCN(Cc2ccccn2)CC(C(=O)N(C)C)C1. The fourth-order valence-electron chi connectivity index (χ4n) is 2.63. The summed E-state index contributed by atoms with van der Waals surface area (Å²) in [5, 5.41) is 0. The van der Waals surface area contributed by atoms with Gasteiger partial charge in [0.2, 0.25) is 5.91 Å². The summed E-state index contributed by atoms with van der Waals surface area (Å²) in [5.74, 6) is 0.256. The third kappa shape index (κ3) is 4.02. The molecule has 5 heteroatoms. The molecule has 2 rings (SSSR count). The van der Waals surface area contributed by atoms with Crippen LogP contribution in [0.2, 0.25) is 0 Å². The lowest BCUT2D eigenvalue weighted by Crippen LogP contribution is -2.40. The fraction of sp³-hybridized carbons (Fsp3) is 0.600. The van der Waals surface area contributed by atoms with Crippen molar-refractivity contribution < 1.29 is 4.79 Å². The van der Waals surface area contributed by atoms with Gasteiger partial charge in [-0.25, -0.2) is 0 Å². The van der Waals surface area contributed by atoms with E-state index in [2.05, 4.69) is 21.8 Å². The van der Waals surface area contributed by atoms with Crippen molar-refractivity contribution >= 4 is 5.91 Å². The highest BCUT2D eigenvalue weighted by atomic mass is 16.2. The molecule has 110 valence electrons. The van der Waals surface area contributed by atoms with Gasteiger partial charge in [0, 0.05) is 53.0 Å². The van der Waals surface area contributed by atoms with E-state index in [0.717, 1.165) is 38.4 Å². The zero-order valence-corrected chi connectivity index (χ0v) is 12.6. The van der Waals surface area contributed by atoms with Gasteiger partial charge in [0.25, 0.3) is 0 Å². The number of rotatable bonds is 3. The summed E-state index contributed by atoms with van der Waals surface area (Å²) >= 11 is 0. The van der Waals surface area contributed by atoms with Crippen molar-refractivity contribution in [2.24, 2.45) is 5.92 Å². The number of aromatic nitrogens is 1. The van der Waals surface area contributed by atoms with Crippen LogP contribution >= 0.6 is 0 Å². The van der Waals surface area contributed by atoms with Crippen LogP contribution in [0.4, 0.5) is 0 Å². The first-order valence-corrected chi connectivity index (χ1v) is 7.08. The fourth-order valence-corrected chi connectivity index (χ4v) is 2.63. The second kappa shape index (κ2) is 6.81. The van der Waals surface area contributed by atoms with Crippen molar-refractivity contribution in [2.45, 2.75) is 6.54 Å². The molecule has 5 nitrogen and oxygen atoms in total. The van der Waals surface area contributed by atoms with Gasteiger partial charge >= 0.3 is 0 Å². The van der Waals surface area contributed by atoms with Gasteiger partial charge in [-0.1, -0.05) is 6.07 Å². The second-order valence-electron chi connectivity index (χ2n) is 5.75. The third-order valence-electron chi connectivity index (χ3n) is 3.71. The number of hydrogen-bond donors (Lipinski definition) is 0. The minimum atomic E-state index is 0.0428. The van der Waals surface area contributed by atoms with Crippen molar-refractivity contribution in [1.29, 1.82) is 0 Å². The Morgan fingerprint density at radius 3 is 2.80 bits per heavy atom. The lowest BCUT2D eigenvalue weighted by molar-refractivity contribution is -0.133. The van der Waals surface area contributed by atoms with Gasteiger partial charge in [-0.05, 0) is 19.2 Å². The summed E-state index contributed by atoms with van der Waals surface area (Å²) < 4.78 is 0. The topological polar surface area (TPSA) is 39.7 Å². The van der Waals surface area contributed by atoms with Gasteiger partial charge in [0.1, 0.15) is 0 Å². The minimum absolute atomic E-state index is 0.0428. The van der Waals surface area contributed by atoms with Gasteiger partial charge in [-0.2, -0.15) is 0 Å². The molecule has 0 saturated carbocycles. The first-order chi connectivity index (χ1) is 9.56. The smallest absolute Gasteiger partial charge is 0.227 e. The standard InChI is InChI=1S/C15H24N4O/c1-17(2)15(20)13-10-18(3)8-9-19(11-13)12-14-6-4-5-7-16-14/h4-7,13H,8-12H2,1-3H3. The molecule has 2 heterocycles. The van der Waals surface area contributed by atoms with Crippen molar-refractivity contribution in [1.82, 2.24) is 19.7 Å². The van der Waals surface area contributed by atoms with Crippen LogP contribution in [-0.4, -0.2) is 72.9 Å². The van der Waals surface area contributed by atoms with E-state index in [1.165, 1.54) is 0 Å². The van der Waals surface area contributed by atoms with Crippen LogP contribution in [0.15, 0.2) is 24.4 Å².